The van der Waals surface area contributed by atoms with E-state index in [0.29, 0.717) is 22.7 Å². The monoisotopic (exact) mass is 291 g/mol. The number of nitrogens with zero attached hydrogens (tertiary/aromatic N) is 1. The van der Waals surface area contributed by atoms with Gasteiger partial charge in [-0.15, -0.1) is 0 Å². The predicted octanol–water partition coefficient (Wildman–Crippen LogP) is 3.20. The highest BCUT2D eigenvalue weighted by Crippen LogP contribution is 2.29. The molecule has 5 heteroatoms. The highest BCUT2D eigenvalue weighted by molar-refractivity contribution is 6.31. The second kappa shape index (κ2) is 6.25. The fourth-order valence-electron chi connectivity index (χ4n) is 2.65. The van der Waals surface area contributed by atoms with Gasteiger partial charge in [0.1, 0.15) is 6.07 Å². The molecule has 1 aliphatic carbocycles. The van der Waals surface area contributed by atoms with Crippen LogP contribution in [0, 0.1) is 11.3 Å². The Balaban J connectivity index is 1.99. The molecule has 0 aromatic heterocycles. The molecule has 1 aliphatic rings. The number of amides is 1. The van der Waals surface area contributed by atoms with E-state index in [1.54, 1.807) is 18.2 Å². The molecule has 0 unspecified atom stereocenters. The summed E-state index contributed by atoms with van der Waals surface area (Å²) < 4.78 is 0. The van der Waals surface area contributed by atoms with Crippen molar-refractivity contribution in [2.24, 2.45) is 5.73 Å². The van der Waals surface area contributed by atoms with Crippen molar-refractivity contribution in [2.45, 2.75) is 44.1 Å². The first-order chi connectivity index (χ1) is 9.52. The van der Waals surface area contributed by atoms with E-state index in [9.17, 15) is 4.79 Å². The Bertz CT molecular complexity index is 545. The molecule has 0 spiro atoms. The molecule has 0 saturated heterocycles. The average Bonchev–Trinajstić information content (AvgIpc) is 2.41. The van der Waals surface area contributed by atoms with E-state index in [4.69, 9.17) is 22.6 Å². The summed E-state index contributed by atoms with van der Waals surface area (Å²) in [6, 6.07) is 6.85. The number of hydrogen-bond donors (Lipinski definition) is 2. The maximum atomic E-state index is 12.1. The third kappa shape index (κ3) is 3.72. The van der Waals surface area contributed by atoms with Crippen molar-refractivity contribution >= 4 is 23.2 Å². The second-order valence-corrected chi connectivity index (χ2v) is 5.86. The van der Waals surface area contributed by atoms with Crippen LogP contribution < -0.4 is 11.1 Å². The Morgan fingerprint density at radius 1 is 1.40 bits per heavy atom. The van der Waals surface area contributed by atoms with Gasteiger partial charge in [-0.05, 0) is 31.0 Å². The summed E-state index contributed by atoms with van der Waals surface area (Å²) in [6.45, 7) is 0. The highest BCUT2D eigenvalue weighted by atomic mass is 35.5. The quantitative estimate of drug-likeness (QED) is 0.897. The summed E-state index contributed by atoms with van der Waals surface area (Å²) in [5.41, 5.74) is 6.81. The van der Waals surface area contributed by atoms with Gasteiger partial charge in [-0.2, -0.15) is 5.26 Å². The molecule has 1 aromatic rings. The van der Waals surface area contributed by atoms with Gasteiger partial charge in [-0.3, -0.25) is 4.79 Å². The van der Waals surface area contributed by atoms with Crippen molar-refractivity contribution in [1.29, 1.82) is 5.26 Å². The molecule has 0 bridgehead atoms. The van der Waals surface area contributed by atoms with E-state index in [0.717, 1.165) is 25.7 Å². The Kier molecular flexibility index (Phi) is 4.64. The van der Waals surface area contributed by atoms with E-state index < -0.39 is 0 Å². The highest BCUT2D eigenvalue weighted by Gasteiger charge is 2.29. The van der Waals surface area contributed by atoms with Crippen LogP contribution in [0.3, 0.4) is 0 Å². The molecule has 1 fully saturated rings. The average molecular weight is 292 g/mol. The van der Waals surface area contributed by atoms with Gasteiger partial charge in [0.2, 0.25) is 5.91 Å². The molecule has 1 aromatic carbocycles. The molecule has 0 radical (unpaired) electrons. The number of hydrogen-bond acceptors (Lipinski definition) is 3. The van der Waals surface area contributed by atoms with Crippen LogP contribution in [-0.4, -0.2) is 11.4 Å². The molecule has 20 heavy (non-hydrogen) atoms. The zero-order valence-electron chi connectivity index (χ0n) is 11.3. The van der Waals surface area contributed by atoms with E-state index >= 15 is 0 Å². The number of halogens is 1. The molecule has 0 atom stereocenters. The number of carbonyl (C=O) groups excluding carboxylic acids is 1. The van der Waals surface area contributed by atoms with Gasteiger partial charge in [0.25, 0.3) is 0 Å². The first kappa shape index (κ1) is 14.8. The van der Waals surface area contributed by atoms with Gasteiger partial charge in [-0.1, -0.05) is 30.9 Å². The Hall–Kier alpha value is -1.57. The maximum Gasteiger partial charge on any atom is 0.226 e. The minimum absolute atomic E-state index is 0.111. The summed E-state index contributed by atoms with van der Waals surface area (Å²) in [5, 5.41) is 12.1. The fourth-order valence-corrected chi connectivity index (χ4v) is 2.81. The van der Waals surface area contributed by atoms with Crippen LogP contribution in [0.1, 0.15) is 44.1 Å². The van der Waals surface area contributed by atoms with Gasteiger partial charge in [-0.25, -0.2) is 0 Å². The van der Waals surface area contributed by atoms with E-state index in [2.05, 4.69) is 5.32 Å². The van der Waals surface area contributed by atoms with Crippen LogP contribution in [0.4, 0.5) is 5.69 Å². The van der Waals surface area contributed by atoms with Gasteiger partial charge < -0.3 is 11.1 Å². The second-order valence-electron chi connectivity index (χ2n) is 5.45. The van der Waals surface area contributed by atoms with Gasteiger partial charge in [0, 0.05) is 17.6 Å². The molecule has 1 amide bonds. The number of nitriles is 1. The smallest absolute Gasteiger partial charge is 0.226 e. The van der Waals surface area contributed by atoms with Crippen LogP contribution in [-0.2, 0) is 4.79 Å². The molecule has 106 valence electrons. The number of carbonyl (C=O) groups is 1. The Morgan fingerprint density at radius 3 is 2.75 bits per heavy atom. The van der Waals surface area contributed by atoms with Crippen LogP contribution in [0.15, 0.2) is 18.2 Å². The maximum absolute atomic E-state index is 12.1. The molecule has 4 nitrogen and oxygen atoms in total. The number of nitrogens with one attached hydrogen (secondary N) is 1. The first-order valence-electron chi connectivity index (χ1n) is 6.81. The fraction of sp³-hybridized carbons (Fsp3) is 0.467. The van der Waals surface area contributed by atoms with Crippen LogP contribution >= 0.6 is 11.6 Å². The number of nitrogens with two attached hydrogens (primary N) is 1. The van der Waals surface area contributed by atoms with Crippen molar-refractivity contribution in [2.75, 3.05) is 5.32 Å². The minimum Gasteiger partial charge on any atom is -0.326 e. The number of rotatable bonds is 3. The molecule has 2 rings (SSSR count). The zero-order chi connectivity index (χ0) is 14.6. The van der Waals surface area contributed by atoms with Crippen molar-refractivity contribution in [3.8, 4) is 6.07 Å². The van der Waals surface area contributed by atoms with E-state index in [1.165, 1.54) is 6.42 Å². The summed E-state index contributed by atoms with van der Waals surface area (Å²) in [4.78, 5) is 12.1. The SMILES string of the molecule is N#Cc1cc(NC(=O)CC2(N)CCCCC2)ccc1Cl. The van der Waals surface area contributed by atoms with E-state index in [-0.39, 0.29) is 11.4 Å². The normalized spacial score (nSPS) is 17.2. The standard InChI is InChI=1S/C15H18ClN3O/c16-13-5-4-12(8-11(13)10-17)19-14(20)9-15(18)6-2-1-3-7-15/h4-5,8H,1-3,6-7,9,18H2,(H,19,20). The summed E-state index contributed by atoms with van der Waals surface area (Å²) in [7, 11) is 0. The van der Waals surface area contributed by atoms with Crippen molar-refractivity contribution in [3.63, 3.8) is 0 Å². The van der Waals surface area contributed by atoms with Crippen LogP contribution in [0.5, 0.6) is 0 Å². The lowest BCUT2D eigenvalue weighted by Gasteiger charge is -2.32. The molecule has 0 heterocycles. The summed E-state index contributed by atoms with van der Waals surface area (Å²) >= 11 is 5.86. The third-order valence-corrected chi connectivity index (χ3v) is 4.06. The topological polar surface area (TPSA) is 78.9 Å². The first-order valence-corrected chi connectivity index (χ1v) is 7.19. The van der Waals surface area contributed by atoms with Crippen LogP contribution in [0.25, 0.3) is 0 Å². The number of benzene rings is 1. The predicted molar refractivity (Wildman–Crippen MR) is 79.4 cm³/mol. The summed E-state index contributed by atoms with van der Waals surface area (Å²) in [5.74, 6) is -0.111. The van der Waals surface area contributed by atoms with Crippen molar-refractivity contribution in [3.05, 3.63) is 28.8 Å². The minimum atomic E-state index is -0.382. The van der Waals surface area contributed by atoms with Gasteiger partial charge >= 0.3 is 0 Å². The van der Waals surface area contributed by atoms with E-state index in [1.807, 2.05) is 6.07 Å². The van der Waals surface area contributed by atoms with Crippen molar-refractivity contribution < 1.29 is 4.79 Å². The largest absolute Gasteiger partial charge is 0.326 e. The lowest BCUT2D eigenvalue weighted by molar-refractivity contribution is -0.117. The summed E-state index contributed by atoms with van der Waals surface area (Å²) in [6.07, 6.45) is 5.47. The Labute approximate surface area is 123 Å². The van der Waals surface area contributed by atoms with Gasteiger partial charge in [0.05, 0.1) is 10.6 Å². The zero-order valence-corrected chi connectivity index (χ0v) is 12.0. The molecular formula is C15H18ClN3O. The third-order valence-electron chi connectivity index (χ3n) is 3.73. The lowest BCUT2D eigenvalue weighted by Crippen LogP contribution is -2.44. The molecule has 3 N–H and O–H groups in total. The van der Waals surface area contributed by atoms with Gasteiger partial charge in [0.15, 0.2) is 0 Å². The lowest BCUT2D eigenvalue weighted by atomic mass is 9.80. The Morgan fingerprint density at radius 2 is 2.10 bits per heavy atom. The number of anilines is 1. The van der Waals surface area contributed by atoms with Crippen LogP contribution in [0.2, 0.25) is 5.02 Å². The molecular weight excluding hydrogens is 274 g/mol. The van der Waals surface area contributed by atoms with Crippen molar-refractivity contribution in [1.82, 2.24) is 0 Å². The molecule has 0 aliphatic heterocycles. The molecule has 1 saturated carbocycles.